The van der Waals surface area contributed by atoms with Crippen LogP contribution in [0.15, 0.2) is 35.9 Å². The van der Waals surface area contributed by atoms with Crippen molar-refractivity contribution in [1.29, 1.82) is 0 Å². The number of ketones is 1. The number of hydrogen-bond acceptors (Lipinski definition) is 6. The lowest BCUT2D eigenvalue weighted by Gasteiger charge is -2.26. The largest absolute Gasteiger partial charge is 0.507 e. The highest BCUT2D eigenvalue weighted by Gasteiger charge is 2.46. The third-order valence-electron chi connectivity index (χ3n) is 6.04. The van der Waals surface area contributed by atoms with Crippen LogP contribution in [0.3, 0.4) is 0 Å². The topological polar surface area (TPSA) is 79.3 Å². The van der Waals surface area contributed by atoms with Gasteiger partial charge in [0.1, 0.15) is 10.8 Å². The average molecular weight is 521 g/mol. The van der Waals surface area contributed by atoms with Crippen molar-refractivity contribution in [2.75, 3.05) is 41.4 Å². The fraction of sp³-hybridized carbons (Fsp3) is 0.385. The van der Waals surface area contributed by atoms with Crippen LogP contribution in [0.25, 0.3) is 5.76 Å². The summed E-state index contributed by atoms with van der Waals surface area (Å²) in [6.45, 7) is 3.13. The molecule has 0 aliphatic carbocycles. The molecule has 0 saturated carbocycles. The van der Waals surface area contributed by atoms with E-state index < -0.39 is 23.5 Å². The Morgan fingerprint density at radius 3 is 2.26 bits per heavy atom. The van der Waals surface area contributed by atoms with E-state index in [0.717, 1.165) is 24.1 Å². The number of likely N-dealkylation sites (tertiary alicyclic amines) is 1. The van der Waals surface area contributed by atoms with Gasteiger partial charge in [-0.2, -0.15) is 0 Å². The van der Waals surface area contributed by atoms with Gasteiger partial charge in [0.05, 0.1) is 36.4 Å². The highest BCUT2D eigenvalue weighted by Crippen LogP contribution is 2.47. The van der Waals surface area contributed by atoms with Crippen molar-refractivity contribution in [2.24, 2.45) is 0 Å². The van der Waals surface area contributed by atoms with Crippen LogP contribution in [0.1, 0.15) is 36.1 Å². The number of methoxy groups -OCH3 is 2. The smallest absolute Gasteiger partial charge is 0.295 e. The number of ether oxygens (including phenoxy) is 2. The van der Waals surface area contributed by atoms with Gasteiger partial charge < -0.3 is 24.4 Å². The van der Waals surface area contributed by atoms with E-state index in [4.69, 9.17) is 32.7 Å². The van der Waals surface area contributed by atoms with Crippen molar-refractivity contribution >= 4 is 40.7 Å². The van der Waals surface area contributed by atoms with Gasteiger partial charge in [0.15, 0.2) is 11.5 Å². The molecule has 35 heavy (non-hydrogen) atoms. The van der Waals surface area contributed by atoms with Crippen LogP contribution in [-0.4, -0.2) is 68.0 Å². The summed E-state index contributed by atoms with van der Waals surface area (Å²) in [6, 6.07) is 8.32. The van der Waals surface area contributed by atoms with E-state index >= 15 is 0 Å². The number of aryl methyl sites for hydroxylation is 1. The Hall–Kier alpha value is -2.74. The van der Waals surface area contributed by atoms with E-state index in [9.17, 15) is 14.7 Å². The molecule has 1 aliphatic rings. The van der Waals surface area contributed by atoms with Crippen molar-refractivity contribution < 1.29 is 24.2 Å². The summed E-state index contributed by atoms with van der Waals surface area (Å²) < 4.78 is 10.7. The van der Waals surface area contributed by atoms with Gasteiger partial charge in [-0.1, -0.05) is 54.4 Å². The summed E-state index contributed by atoms with van der Waals surface area (Å²) in [5.41, 5.74) is 1.90. The van der Waals surface area contributed by atoms with Crippen LogP contribution in [0.2, 0.25) is 10.0 Å². The fourth-order valence-electron chi connectivity index (χ4n) is 4.24. The molecule has 1 N–H and O–H groups in total. The first-order valence-electron chi connectivity index (χ1n) is 11.3. The van der Waals surface area contributed by atoms with Crippen LogP contribution >= 0.6 is 23.2 Å². The molecule has 2 aromatic carbocycles. The van der Waals surface area contributed by atoms with E-state index in [1.54, 1.807) is 0 Å². The van der Waals surface area contributed by atoms with Gasteiger partial charge in [-0.25, -0.2) is 0 Å². The molecule has 1 amide bonds. The fourth-order valence-corrected chi connectivity index (χ4v) is 4.93. The van der Waals surface area contributed by atoms with E-state index in [1.165, 1.54) is 25.2 Å². The minimum Gasteiger partial charge on any atom is -0.507 e. The summed E-state index contributed by atoms with van der Waals surface area (Å²) in [4.78, 5) is 29.9. The number of halogens is 2. The van der Waals surface area contributed by atoms with Crippen molar-refractivity contribution in [3.63, 3.8) is 0 Å². The monoisotopic (exact) mass is 520 g/mol. The van der Waals surface area contributed by atoms with Crippen molar-refractivity contribution in [3.8, 4) is 11.5 Å². The molecular formula is C26H30Cl2N2O5. The number of aliphatic hydroxyl groups is 1. The minimum absolute atomic E-state index is 0.0419. The number of amides is 1. The molecule has 0 radical (unpaired) electrons. The predicted octanol–water partition coefficient (Wildman–Crippen LogP) is 4.95. The lowest BCUT2D eigenvalue weighted by atomic mass is 9.94. The second-order valence-corrected chi connectivity index (χ2v) is 9.32. The van der Waals surface area contributed by atoms with Crippen LogP contribution in [-0.2, 0) is 16.0 Å². The Kier molecular flexibility index (Phi) is 8.70. The van der Waals surface area contributed by atoms with Crippen LogP contribution in [0, 0.1) is 0 Å². The first-order chi connectivity index (χ1) is 16.7. The van der Waals surface area contributed by atoms with Gasteiger partial charge in [-0.3, -0.25) is 9.59 Å². The van der Waals surface area contributed by atoms with Gasteiger partial charge in [-0.05, 0) is 50.7 Å². The zero-order valence-corrected chi connectivity index (χ0v) is 22.0. The standard InChI is InChI=1S/C26H30Cl2N2O5/c1-6-15-8-10-16(11-9-15)21-19(23(32)26(33)30(21)13-7-12-29(2)3)22(31)17-14-18(27)25(35-5)20(28)24(17)34-4/h8-11,14,21,31H,6-7,12-13H2,1-5H3/b22-19+. The van der Waals surface area contributed by atoms with E-state index in [2.05, 4.69) is 0 Å². The maximum Gasteiger partial charge on any atom is 0.295 e. The molecule has 1 atom stereocenters. The second-order valence-electron chi connectivity index (χ2n) is 8.53. The molecule has 3 rings (SSSR count). The van der Waals surface area contributed by atoms with Crippen LogP contribution in [0.4, 0.5) is 0 Å². The molecule has 1 heterocycles. The Morgan fingerprint density at radius 1 is 1.09 bits per heavy atom. The minimum atomic E-state index is -0.776. The SMILES string of the molecule is CCc1ccc(C2/C(=C(\O)c3cc(Cl)c(OC)c(Cl)c3OC)C(=O)C(=O)N2CCCN(C)C)cc1. The molecular weight excluding hydrogens is 491 g/mol. The zero-order chi connectivity index (χ0) is 25.9. The molecule has 2 aromatic rings. The number of rotatable bonds is 9. The van der Waals surface area contributed by atoms with Crippen molar-refractivity contribution in [2.45, 2.75) is 25.8 Å². The Balaban J connectivity index is 2.21. The zero-order valence-electron chi connectivity index (χ0n) is 20.5. The van der Waals surface area contributed by atoms with Crippen LogP contribution < -0.4 is 9.47 Å². The maximum absolute atomic E-state index is 13.3. The highest BCUT2D eigenvalue weighted by atomic mass is 35.5. The molecule has 0 aromatic heterocycles. The second kappa shape index (κ2) is 11.3. The molecule has 0 bridgehead atoms. The summed E-state index contributed by atoms with van der Waals surface area (Å²) in [5, 5.41) is 11.6. The molecule has 9 heteroatoms. The molecule has 1 aliphatic heterocycles. The lowest BCUT2D eigenvalue weighted by Crippen LogP contribution is -2.32. The van der Waals surface area contributed by atoms with Crippen LogP contribution in [0.5, 0.6) is 11.5 Å². The number of carbonyl (C=O) groups excluding carboxylic acids is 2. The number of benzene rings is 2. The van der Waals surface area contributed by atoms with E-state index in [0.29, 0.717) is 13.0 Å². The van der Waals surface area contributed by atoms with Gasteiger partial charge in [0.25, 0.3) is 11.7 Å². The number of hydrogen-bond donors (Lipinski definition) is 1. The predicted molar refractivity (Wildman–Crippen MR) is 138 cm³/mol. The molecule has 7 nitrogen and oxygen atoms in total. The average Bonchev–Trinajstić information content (AvgIpc) is 3.08. The Bertz CT molecular complexity index is 1150. The number of carbonyl (C=O) groups is 2. The lowest BCUT2D eigenvalue weighted by molar-refractivity contribution is -0.139. The number of Topliss-reactive ketones (excluding diaryl/α,β-unsaturated/α-hetero) is 1. The van der Waals surface area contributed by atoms with Crippen molar-refractivity contribution in [3.05, 3.63) is 62.6 Å². The van der Waals surface area contributed by atoms with Gasteiger partial charge in [-0.15, -0.1) is 0 Å². The Labute approximate surface area is 215 Å². The van der Waals surface area contributed by atoms with E-state index in [1.807, 2.05) is 50.2 Å². The number of nitrogens with zero attached hydrogens (tertiary/aromatic N) is 2. The maximum atomic E-state index is 13.3. The highest BCUT2D eigenvalue weighted by molar-refractivity contribution is 6.47. The summed E-state index contributed by atoms with van der Waals surface area (Å²) in [6.07, 6.45) is 1.51. The molecule has 1 fully saturated rings. The summed E-state index contributed by atoms with van der Waals surface area (Å²) in [7, 11) is 6.68. The third kappa shape index (κ3) is 5.27. The first kappa shape index (κ1) is 26.9. The van der Waals surface area contributed by atoms with Crippen molar-refractivity contribution in [1.82, 2.24) is 9.80 Å². The quantitative estimate of drug-likeness (QED) is 0.286. The normalized spacial score (nSPS) is 17.4. The number of aliphatic hydroxyl groups excluding tert-OH is 1. The summed E-state index contributed by atoms with van der Waals surface area (Å²) in [5.74, 6) is -1.59. The van der Waals surface area contributed by atoms with Gasteiger partial charge >= 0.3 is 0 Å². The van der Waals surface area contributed by atoms with E-state index in [-0.39, 0.29) is 32.7 Å². The van der Waals surface area contributed by atoms with Gasteiger partial charge in [0.2, 0.25) is 0 Å². The Morgan fingerprint density at radius 2 is 1.71 bits per heavy atom. The third-order valence-corrected chi connectivity index (χ3v) is 6.67. The first-order valence-corrected chi connectivity index (χ1v) is 12.0. The van der Waals surface area contributed by atoms with Gasteiger partial charge in [0, 0.05) is 6.54 Å². The molecule has 0 spiro atoms. The molecule has 1 unspecified atom stereocenters. The summed E-state index contributed by atoms with van der Waals surface area (Å²) >= 11 is 12.7. The molecule has 1 saturated heterocycles. The molecule has 188 valence electrons.